The average Bonchev–Trinajstić information content (AvgIpc) is 2.54. The van der Waals surface area contributed by atoms with Crippen molar-refractivity contribution in [1.29, 1.82) is 0 Å². The van der Waals surface area contributed by atoms with Gasteiger partial charge >= 0.3 is 0 Å². The SMILES string of the molecule is CCCCCCCCCCCCCCCCCCN(C)CO. The lowest BCUT2D eigenvalue weighted by atomic mass is 10.0. The van der Waals surface area contributed by atoms with Crippen molar-refractivity contribution in [3.8, 4) is 0 Å². The molecule has 1 N–H and O–H groups in total. The number of hydrogen-bond donors (Lipinski definition) is 1. The van der Waals surface area contributed by atoms with E-state index < -0.39 is 0 Å². The molecule has 2 heteroatoms. The van der Waals surface area contributed by atoms with Gasteiger partial charge in [0.05, 0.1) is 6.73 Å². The van der Waals surface area contributed by atoms with Crippen molar-refractivity contribution in [2.24, 2.45) is 0 Å². The Hall–Kier alpha value is -0.0800. The zero-order valence-corrected chi connectivity index (χ0v) is 15.6. The van der Waals surface area contributed by atoms with Gasteiger partial charge in [-0.3, -0.25) is 4.90 Å². The van der Waals surface area contributed by atoms with Crippen LogP contribution in [-0.4, -0.2) is 30.3 Å². The van der Waals surface area contributed by atoms with E-state index in [9.17, 15) is 0 Å². The Kier molecular flexibility index (Phi) is 18.9. The van der Waals surface area contributed by atoms with Crippen LogP contribution in [0.5, 0.6) is 0 Å². The molecule has 0 aromatic heterocycles. The highest BCUT2D eigenvalue weighted by Crippen LogP contribution is 2.13. The Labute approximate surface area is 140 Å². The van der Waals surface area contributed by atoms with Gasteiger partial charge in [0, 0.05) is 0 Å². The van der Waals surface area contributed by atoms with Crippen LogP contribution in [0.2, 0.25) is 0 Å². The third kappa shape index (κ3) is 18.0. The van der Waals surface area contributed by atoms with E-state index >= 15 is 0 Å². The largest absolute Gasteiger partial charge is 0.381 e. The van der Waals surface area contributed by atoms with Gasteiger partial charge in [-0.2, -0.15) is 0 Å². The summed E-state index contributed by atoms with van der Waals surface area (Å²) in [6, 6.07) is 0. The fourth-order valence-corrected chi connectivity index (χ4v) is 3.00. The molecule has 0 unspecified atom stereocenters. The molecule has 134 valence electrons. The molecular weight excluding hydrogens is 270 g/mol. The van der Waals surface area contributed by atoms with E-state index in [0.29, 0.717) is 0 Å². The molecule has 2 nitrogen and oxygen atoms in total. The second kappa shape index (κ2) is 19.0. The first kappa shape index (κ1) is 21.9. The van der Waals surface area contributed by atoms with Crippen LogP contribution in [0.3, 0.4) is 0 Å². The Balaban J connectivity index is 2.97. The van der Waals surface area contributed by atoms with Gasteiger partial charge in [0.2, 0.25) is 0 Å². The second-order valence-corrected chi connectivity index (χ2v) is 7.02. The van der Waals surface area contributed by atoms with Gasteiger partial charge in [0.25, 0.3) is 0 Å². The maximum atomic E-state index is 8.89. The molecule has 0 bridgehead atoms. The maximum absolute atomic E-state index is 8.89. The van der Waals surface area contributed by atoms with E-state index in [1.807, 2.05) is 11.9 Å². The van der Waals surface area contributed by atoms with E-state index in [-0.39, 0.29) is 6.73 Å². The van der Waals surface area contributed by atoms with Crippen LogP contribution < -0.4 is 0 Å². The second-order valence-electron chi connectivity index (χ2n) is 7.02. The minimum atomic E-state index is 0.193. The molecule has 0 spiro atoms. The van der Waals surface area contributed by atoms with Crippen molar-refractivity contribution < 1.29 is 5.11 Å². The molecule has 0 atom stereocenters. The molecule has 0 aromatic carbocycles. The van der Waals surface area contributed by atoms with Crippen molar-refractivity contribution in [1.82, 2.24) is 4.90 Å². The first-order chi connectivity index (χ1) is 10.8. The monoisotopic (exact) mass is 313 g/mol. The normalized spacial score (nSPS) is 11.5. The number of hydrogen-bond acceptors (Lipinski definition) is 2. The van der Waals surface area contributed by atoms with Crippen molar-refractivity contribution in [2.75, 3.05) is 20.3 Å². The zero-order chi connectivity index (χ0) is 16.3. The fourth-order valence-electron chi connectivity index (χ4n) is 3.00. The Bertz CT molecular complexity index is 196. The smallest absolute Gasteiger partial charge is 0.0954 e. The van der Waals surface area contributed by atoms with E-state index in [4.69, 9.17) is 5.11 Å². The summed E-state index contributed by atoms with van der Waals surface area (Å²) >= 11 is 0. The first-order valence-electron chi connectivity index (χ1n) is 10.1. The van der Waals surface area contributed by atoms with Gasteiger partial charge in [0.1, 0.15) is 0 Å². The predicted molar refractivity (Wildman–Crippen MR) is 99.3 cm³/mol. The molecule has 0 aromatic rings. The Morgan fingerprint density at radius 2 is 0.864 bits per heavy atom. The van der Waals surface area contributed by atoms with Gasteiger partial charge in [0.15, 0.2) is 0 Å². The third-order valence-electron chi connectivity index (χ3n) is 4.63. The zero-order valence-electron chi connectivity index (χ0n) is 15.6. The van der Waals surface area contributed by atoms with Gasteiger partial charge in [-0.15, -0.1) is 0 Å². The average molecular weight is 314 g/mol. The van der Waals surface area contributed by atoms with Crippen LogP contribution in [-0.2, 0) is 0 Å². The summed E-state index contributed by atoms with van der Waals surface area (Å²) in [5.41, 5.74) is 0. The molecule has 0 aliphatic heterocycles. The topological polar surface area (TPSA) is 23.5 Å². The van der Waals surface area contributed by atoms with Gasteiger partial charge < -0.3 is 5.11 Å². The van der Waals surface area contributed by atoms with Gasteiger partial charge in [-0.25, -0.2) is 0 Å². The molecule has 0 saturated carbocycles. The van der Waals surface area contributed by atoms with E-state index in [1.165, 1.54) is 103 Å². The molecule has 0 rings (SSSR count). The molecule has 22 heavy (non-hydrogen) atoms. The van der Waals surface area contributed by atoms with Crippen LogP contribution >= 0.6 is 0 Å². The van der Waals surface area contributed by atoms with Crippen molar-refractivity contribution >= 4 is 0 Å². The molecular formula is C20H43NO. The summed E-state index contributed by atoms with van der Waals surface area (Å²) in [6.07, 6.45) is 22.6. The van der Waals surface area contributed by atoms with Crippen LogP contribution in [0.1, 0.15) is 110 Å². The number of nitrogens with zero attached hydrogens (tertiary/aromatic N) is 1. The lowest BCUT2D eigenvalue weighted by molar-refractivity contribution is 0.131. The summed E-state index contributed by atoms with van der Waals surface area (Å²) in [5.74, 6) is 0. The first-order valence-corrected chi connectivity index (χ1v) is 10.1. The number of aliphatic hydroxyl groups excluding tert-OH is 1. The Morgan fingerprint density at radius 3 is 1.18 bits per heavy atom. The summed E-state index contributed by atoms with van der Waals surface area (Å²) in [4.78, 5) is 1.98. The van der Waals surface area contributed by atoms with Crippen LogP contribution in [0.25, 0.3) is 0 Å². The lowest BCUT2D eigenvalue weighted by Gasteiger charge is -2.11. The van der Waals surface area contributed by atoms with Crippen LogP contribution in [0.15, 0.2) is 0 Å². The van der Waals surface area contributed by atoms with E-state index in [0.717, 1.165) is 6.54 Å². The highest BCUT2D eigenvalue weighted by Gasteiger charge is 1.96. The number of aliphatic hydroxyl groups is 1. The summed E-state index contributed by atoms with van der Waals surface area (Å²) in [6.45, 7) is 3.52. The van der Waals surface area contributed by atoms with E-state index in [2.05, 4.69) is 6.92 Å². The molecule has 0 aliphatic rings. The molecule has 0 radical (unpaired) electrons. The molecule has 0 amide bonds. The predicted octanol–water partition coefficient (Wildman–Crippen LogP) is 6.13. The molecule has 0 aliphatic carbocycles. The standard InChI is InChI=1S/C20H43NO/c1-3-4-5-6-7-8-9-10-11-12-13-14-15-16-17-18-19-21(2)20-22/h22H,3-20H2,1-2H3. The summed E-state index contributed by atoms with van der Waals surface area (Å²) in [7, 11) is 1.98. The summed E-state index contributed by atoms with van der Waals surface area (Å²) < 4.78 is 0. The number of unbranched alkanes of at least 4 members (excludes halogenated alkanes) is 15. The molecule has 0 heterocycles. The van der Waals surface area contributed by atoms with Gasteiger partial charge in [-0.1, -0.05) is 103 Å². The quantitative estimate of drug-likeness (QED) is 0.243. The Morgan fingerprint density at radius 1 is 0.545 bits per heavy atom. The lowest BCUT2D eigenvalue weighted by Crippen LogP contribution is -2.20. The minimum absolute atomic E-state index is 0.193. The van der Waals surface area contributed by atoms with Crippen molar-refractivity contribution in [2.45, 2.75) is 110 Å². The fraction of sp³-hybridized carbons (Fsp3) is 1.00. The molecule has 0 saturated heterocycles. The van der Waals surface area contributed by atoms with E-state index in [1.54, 1.807) is 0 Å². The van der Waals surface area contributed by atoms with Crippen LogP contribution in [0.4, 0.5) is 0 Å². The molecule has 0 fully saturated rings. The van der Waals surface area contributed by atoms with Crippen LogP contribution in [0, 0.1) is 0 Å². The number of rotatable bonds is 18. The highest BCUT2D eigenvalue weighted by atomic mass is 16.3. The third-order valence-corrected chi connectivity index (χ3v) is 4.63. The highest BCUT2D eigenvalue weighted by molar-refractivity contribution is 4.51. The summed E-state index contributed by atoms with van der Waals surface area (Å²) in [5, 5.41) is 8.89. The van der Waals surface area contributed by atoms with Crippen molar-refractivity contribution in [3.05, 3.63) is 0 Å². The van der Waals surface area contributed by atoms with Gasteiger partial charge in [-0.05, 0) is 20.0 Å². The van der Waals surface area contributed by atoms with Crippen molar-refractivity contribution in [3.63, 3.8) is 0 Å². The maximum Gasteiger partial charge on any atom is 0.0954 e. The minimum Gasteiger partial charge on any atom is -0.381 e.